The van der Waals surface area contributed by atoms with E-state index in [2.05, 4.69) is 0 Å². The molecule has 3 aromatic heterocycles. The first-order valence-electron chi connectivity index (χ1n) is 13.1. The molecule has 0 fully saturated rings. The lowest BCUT2D eigenvalue weighted by atomic mass is 9.99. The summed E-state index contributed by atoms with van der Waals surface area (Å²) in [5.41, 5.74) is 8.28. The van der Waals surface area contributed by atoms with Crippen molar-refractivity contribution in [2.24, 2.45) is 11.7 Å². The number of thiophene rings is 1. The Balaban J connectivity index is 1.76. The van der Waals surface area contributed by atoms with Crippen LogP contribution in [0.5, 0.6) is 0 Å². The number of fused-ring (bicyclic) bond motifs is 3. The molecule has 1 unspecified atom stereocenters. The monoisotopic (exact) mass is 596 g/mol. The van der Waals surface area contributed by atoms with Crippen molar-refractivity contribution in [3.63, 3.8) is 0 Å². The smallest absolute Gasteiger partial charge is 0.297 e. The average molecular weight is 598 g/mol. The van der Waals surface area contributed by atoms with Crippen LogP contribution >= 0.6 is 34.5 Å². The van der Waals surface area contributed by atoms with Crippen LogP contribution in [0.2, 0.25) is 9.36 Å². The lowest BCUT2D eigenvalue weighted by molar-refractivity contribution is 0.0603. The number of aromatic nitrogens is 2. The number of carbonyl (C=O) groups is 1. The molecule has 0 bridgehead atoms. The highest BCUT2D eigenvalue weighted by Gasteiger charge is 2.33. The summed E-state index contributed by atoms with van der Waals surface area (Å²) in [5, 5.41) is 1.16. The second kappa shape index (κ2) is 11.7. The van der Waals surface area contributed by atoms with Crippen molar-refractivity contribution >= 4 is 62.5 Å². The second-order valence-electron chi connectivity index (χ2n) is 10.2. The topological polar surface area (TPSA) is 94.4 Å². The summed E-state index contributed by atoms with van der Waals surface area (Å²) in [6.45, 7) is 7.08. The van der Waals surface area contributed by atoms with Gasteiger partial charge in [0.15, 0.2) is 0 Å². The first-order chi connectivity index (χ1) is 19.2. The zero-order valence-electron chi connectivity index (χ0n) is 22.5. The van der Waals surface area contributed by atoms with Gasteiger partial charge in [-0.25, -0.2) is 4.98 Å². The molecule has 1 amide bonds. The third-order valence-corrected chi connectivity index (χ3v) is 8.35. The van der Waals surface area contributed by atoms with Crippen molar-refractivity contribution in [2.75, 3.05) is 13.1 Å². The van der Waals surface area contributed by atoms with Crippen LogP contribution in [0.15, 0.2) is 63.8 Å². The van der Waals surface area contributed by atoms with E-state index in [4.69, 9.17) is 38.3 Å². The highest BCUT2D eigenvalue weighted by Crippen LogP contribution is 2.34. The first-order valence-corrected chi connectivity index (χ1v) is 14.7. The van der Waals surface area contributed by atoms with Gasteiger partial charge in [-0.1, -0.05) is 54.7 Å². The van der Waals surface area contributed by atoms with Gasteiger partial charge in [0.2, 0.25) is 5.58 Å². The van der Waals surface area contributed by atoms with Gasteiger partial charge >= 0.3 is 0 Å². The van der Waals surface area contributed by atoms with Crippen LogP contribution in [0, 0.1) is 12.8 Å². The summed E-state index contributed by atoms with van der Waals surface area (Å²) in [4.78, 5) is 35.9. The molecule has 0 spiro atoms. The fourth-order valence-corrected chi connectivity index (χ4v) is 6.22. The van der Waals surface area contributed by atoms with Crippen molar-refractivity contribution < 1.29 is 9.21 Å². The van der Waals surface area contributed by atoms with Gasteiger partial charge in [-0.3, -0.25) is 14.2 Å². The summed E-state index contributed by atoms with van der Waals surface area (Å²) in [5.74, 6) is 0.237. The molecule has 0 saturated heterocycles. The molecule has 5 rings (SSSR count). The van der Waals surface area contributed by atoms with Gasteiger partial charge in [0.1, 0.15) is 16.9 Å². The van der Waals surface area contributed by atoms with Crippen LogP contribution < -0.4 is 11.3 Å². The molecule has 40 heavy (non-hydrogen) atoms. The van der Waals surface area contributed by atoms with Gasteiger partial charge in [-0.05, 0) is 68.3 Å². The number of hydrogen-bond donors (Lipinski definition) is 1. The molecular formula is C30H30Cl2N4O3S. The number of furan rings is 1. The minimum atomic E-state index is -0.531. The largest absolute Gasteiger partial charge is 0.448 e. The Morgan fingerprint density at radius 1 is 1.12 bits per heavy atom. The van der Waals surface area contributed by atoms with E-state index in [0.717, 1.165) is 10.4 Å². The fourth-order valence-electron chi connectivity index (χ4n) is 4.97. The fraction of sp³-hybridized carbons (Fsp3) is 0.300. The van der Waals surface area contributed by atoms with Crippen molar-refractivity contribution in [2.45, 2.75) is 39.8 Å². The lowest BCUT2D eigenvalue weighted by Crippen LogP contribution is -2.42. The Kier molecular flexibility index (Phi) is 8.33. The summed E-state index contributed by atoms with van der Waals surface area (Å²) in [6, 6.07) is 15.8. The SMILES string of the molecule is Cc1ccc(C(=O)N(CCCN)C(c2nc3c(oc4ccc(Cl)cc43)c(=O)n2Cc2ccc(Cl)s2)C(C)C)cc1. The molecule has 3 heterocycles. The van der Waals surface area contributed by atoms with Crippen LogP contribution in [-0.2, 0) is 6.54 Å². The van der Waals surface area contributed by atoms with Gasteiger partial charge < -0.3 is 15.1 Å². The van der Waals surface area contributed by atoms with Crippen LogP contribution in [-0.4, -0.2) is 33.4 Å². The standard InChI is InChI=1S/C30H30Cl2N4O3S/c1-17(2)26(35(14-4-13-33)29(37)19-7-5-18(3)6-8-19)28-34-25-22-15-20(31)9-11-23(22)39-27(25)30(38)36(28)16-21-10-12-24(32)40-21/h5-12,15,17,26H,4,13-14,16,33H2,1-3H3. The number of halogens is 2. The van der Waals surface area contributed by atoms with E-state index in [1.807, 2.05) is 51.1 Å². The molecule has 5 aromatic rings. The quantitative estimate of drug-likeness (QED) is 0.196. The van der Waals surface area contributed by atoms with Crippen molar-refractivity contribution in [3.8, 4) is 0 Å². The molecule has 208 valence electrons. The average Bonchev–Trinajstić information content (AvgIpc) is 3.50. The Morgan fingerprint density at radius 2 is 1.88 bits per heavy atom. The van der Waals surface area contributed by atoms with Gasteiger partial charge in [0.05, 0.1) is 16.9 Å². The third-order valence-electron chi connectivity index (χ3n) is 6.90. The molecule has 0 aliphatic rings. The molecule has 0 radical (unpaired) electrons. The van der Waals surface area contributed by atoms with E-state index in [-0.39, 0.29) is 29.5 Å². The number of nitrogens with two attached hydrogens (primary N) is 1. The molecule has 2 aromatic carbocycles. The zero-order valence-corrected chi connectivity index (χ0v) is 24.8. The highest BCUT2D eigenvalue weighted by atomic mass is 35.5. The van der Waals surface area contributed by atoms with Crippen LogP contribution in [0.3, 0.4) is 0 Å². The molecule has 2 N–H and O–H groups in total. The van der Waals surface area contributed by atoms with Gasteiger partial charge in [-0.2, -0.15) is 0 Å². The van der Waals surface area contributed by atoms with Gasteiger partial charge in [0, 0.05) is 27.4 Å². The number of nitrogens with zero attached hydrogens (tertiary/aromatic N) is 3. The van der Waals surface area contributed by atoms with E-state index in [1.165, 1.54) is 11.3 Å². The summed E-state index contributed by atoms with van der Waals surface area (Å²) >= 11 is 13.9. The summed E-state index contributed by atoms with van der Waals surface area (Å²) < 4.78 is 8.23. The van der Waals surface area contributed by atoms with E-state index in [9.17, 15) is 9.59 Å². The van der Waals surface area contributed by atoms with Crippen LogP contribution in [0.25, 0.3) is 22.1 Å². The van der Waals surface area contributed by atoms with E-state index in [0.29, 0.717) is 56.7 Å². The van der Waals surface area contributed by atoms with Crippen LogP contribution in [0.1, 0.15) is 52.9 Å². The predicted molar refractivity (Wildman–Crippen MR) is 163 cm³/mol. The molecule has 0 saturated carbocycles. The number of rotatable bonds is 9. The van der Waals surface area contributed by atoms with E-state index >= 15 is 0 Å². The molecular weight excluding hydrogens is 567 g/mol. The maximum atomic E-state index is 14.1. The first kappa shape index (κ1) is 28.4. The Labute approximate surface area is 246 Å². The van der Waals surface area contributed by atoms with Crippen molar-refractivity contribution in [3.05, 3.63) is 96.1 Å². The number of benzene rings is 2. The van der Waals surface area contributed by atoms with E-state index in [1.54, 1.807) is 33.7 Å². The Morgan fingerprint density at radius 3 is 2.52 bits per heavy atom. The molecule has 10 heteroatoms. The lowest BCUT2D eigenvalue weighted by Gasteiger charge is -2.35. The molecule has 0 aliphatic heterocycles. The molecule has 1 atom stereocenters. The maximum absolute atomic E-state index is 14.1. The van der Waals surface area contributed by atoms with Crippen molar-refractivity contribution in [1.29, 1.82) is 0 Å². The number of amides is 1. The minimum Gasteiger partial charge on any atom is -0.448 e. The normalized spacial score (nSPS) is 12.5. The summed E-state index contributed by atoms with van der Waals surface area (Å²) in [7, 11) is 0. The zero-order chi connectivity index (χ0) is 28.6. The third kappa shape index (κ3) is 5.54. The minimum absolute atomic E-state index is 0.0866. The number of aryl methyl sites for hydroxylation is 1. The summed E-state index contributed by atoms with van der Waals surface area (Å²) in [6.07, 6.45) is 0.595. The van der Waals surface area contributed by atoms with Gasteiger partial charge in [-0.15, -0.1) is 11.3 Å². The number of hydrogen-bond acceptors (Lipinski definition) is 6. The van der Waals surface area contributed by atoms with E-state index < -0.39 is 6.04 Å². The number of carbonyl (C=O) groups excluding carboxylic acids is 1. The van der Waals surface area contributed by atoms with Crippen molar-refractivity contribution in [1.82, 2.24) is 14.5 Å². The Bertz CT molecular complexity index is 1740. The van der Waals surface area contributed by atoms with Crippen LogP contribution in [0.4, 0.5) is 0 Å². The maximum Gasteiger partial charge on any atom is 0.297 e. The Hall–Kier alpha value is -3.17. The van der Waals surface area contributed by atoms with Gasteiger partial charge in [0.25, 0.3) is 11.5 Å². The molecule has 7 nitrogen and oxygen atoms in total. The highest BCUT2D eigenvalue weighted by molar-refractivity contribution is 7.16. The molecule has 0 aliphatic carbocycles. The second-order valence-corrected chi connectivity index (χ2v) is 12.4. The predicted octanol–water partition coefficient (Wildman–Crippen LogP) is 7.06.